The van der Waals surface area contributed by atoms with Crippen molar-refractivity contribution in [3.05, 3.63) is 47.8 Å². The maximum absolute atomic E-state index is 14.2. The highest BCUT2D eigenvalue weighted by Gasteiger charge is 2.47. The van der Waals surface area contributed by atoms with Gasteiger partial charge in [-0.15, -0.1) is 0 Å². The molecule has 2 aliphatic rings. The molecule has 1 N–H and O–H groups in total. The Labute approximate surface area is 181 Å². The van der Waals surface area contributed by atoms with Crippen molar-refractivity contribution in [1.29, 1.82) is 0 Å². The van der Waals surface area contributed by atoms with Gasteiger partial charge in [0.1, 0.15) is 11.9 Å². The summed E-state index contributed by atoms with van der Waals surface area (Å²) in [4.78, 5) is 53.1. The number of amides is 4. The van der Waals surface area contributed by atoms with Gasteiger partial charge >= 0.3 is 0 Å². The van der Waals surface area contributed by atoms with Gasteiger partial charge in [0, 0.05) is 31.6 Å². The zero-order chi connectivity index (χ0) is 22.5. The maximum Gasteiger partial charge on any atom is 0.242 e. The van der Waals surface area contributed by atoms with E-state index in [9.17, 15) is 23.6 Å². The zero-order valence-corrected chi connectivity index (χ0v) is 17.8. The van der Waals surface area contributed by atoms with Gasteiger partial charge in [0.15, 0.2) is 0 Å². The average molecular weight is 429 g/mol. The fourth-order valence-corrected chi connectivity index (χ4v) is 4.16. The van der Waals surface area contributed by atoms with Crippen LogP contribution in [0.2, 0.25) is 0 Å². The van der Waals surface area contributed by atoms with Crippen LogP contribution in [0.4, 0.5) is 4.39 Å². The van der Waals surface area contributed by atoms with E-state index in [-0.39, 0.29) is 54.6 Å². The third kappa shape index (κ3) is 4.84. The van der Waals surface area contributed by atoms with Crippen molar-refractivity contribution in [3.8, 4) is 0 Å². The fraction of sp³-hybridized carbons (Fsp3) is 0.478. The molecule has 0 spiro atoms. The van der Waals surface area contributed by atoms with Gasteiger partial charge in [-0.05, 0) is 32.8 Å². The molecule has 1 fully saturated rings. The van der Waals surface area contributed by atoms with E-state index >= 15 is 0 Å². The number of nitrogens with zero attached hydrogens (tertiary/aromatic N) is 2. The minimum absolute atomic E-state index is 0.0423. The van der Waals surface area contributed by atoms with Crippen molar-refractivity contribution in [2.24, 2.45) is 11.8 Å². The van der Waals surface area contributed by atoms with Crippen molar-refractivity contribution < 1.29 is 23.6 Å². The molecule has 7 nitrogen and oxygen atoms in total. The smallest absolute Gasteiger partial charge is 0.242 e. The molecule has 1 heterocycles. The predicted octanol–water partition coefficient (Wildman–Crippen LogP) is 2.02. The number of rotatable bonds is 8. The highest BCUT2D eigenvalue weighted by Crippen LogP contribution is 2.35. The van der Waals surface area contributed by atoms with E-state index in [1.54, 1.807) is 32.0 Å². The SMILES string of the molecule is CCNC(=O)[C@H](C)N(Cc1ccccc1F)C(=O)CCN1C(=O)[C@H]2CC=CC[C@H]2C1=O. The number of carbonyl (C=O) groups excluding carboxylic acids is 4. The molecule has 4 amide bonds. The lowest BCUT2D eigenvalue weighted by Gasteiger charge is -2.29. The second kappa shape index (κ2) is 9.85. The molecule has 0 unspecified atom stereocenters. The number of nitrogens with one attached hydrogen (secondary N) is 1. The summed E-state index contributed by atoms with van der Waals surface area (Å²) in [5.41, 5.74) is 0.289. The summed E-state index contributed by atoms with van der Waals surface area (Å²) in [6, 6.07) is 5.24. The van der Waals surface area contributed by atoms with E-state index in [4.69, 9.17) is 0 Å². The first kappa shape index (κ1) is 22.7. The van der Waals surface area contributed by atoms with Gasteiger partial charge in [0.25, 0.3) is 0 Å². The van der Waals surface area contributed by atoms with Gasteiger partial charge in [-0.2, -0.15) is 0 Å². The molecule has 1 aliphatic heterocycles. The summed E-state index contributed by atoms with van der Waals surface area (Å²) in [6.07, 6.45) is 4.76. The Morgan fingerprint density at radius 2 is 1.77 bits per heavy atom. The van der Waals surface area contributed by atoms with E-state index in [1.165, 1.54) is 11.0 Å². The first-order chi connectivity index (χ1) is 14.8. The lowest BCUT2D eigenvalue weighted by molar-refractivity contribution is -0.143. The van der Waals surface area contributed by atoms with Crippen LogP contribution in [0.3, 0.4) is 0 Å². The standard InChI is InChI=1S/C23H28FN3O4/c1-3-25-21(29)15(2)27(14-16-8-4-7-11-19(16)24)20(28)12-13-26-22(30)17-9-5-6-10-18(17)23(26)31/h4-8,11,15,17-18H,3,9-10,12-14H2,1-2H3,(H,25,29)/t15-,17-,18+/m0/s1. The molecule has 8 heteroatoms. The van der Waals surface area contributed by atoms with Crippen LogP contribution in [0.1, 0.15) is 38.7 Å². The van der Waals surface area contributed by atoms with Crippen LogP contribution < -0.4 is 5.32 Å². The van der Waals surface area contributed by atoms with Gasteiger partial charge in [0.05, 0.1) is 11.8 Å². The number of likely N-dealkylation sites (N-methyl/N-ethyl adjacent to an activating group) is 1. The average Bonchev–Trinajstić information content (AvgIpc) is 3.01. The van der Waals surface area contributed by atoms with Gasteiger partial charge < -0.3 is 10.2 Å². The summed E-state index contributed by atoms with van der Waals surface area (Å²) in [7, 11) is 0. The summed E-state index contributed by atoms with van der Waals surface area (Å²) in [6.45, 7) is 3.63. The molecule has 1 aromatic rings. The number of hydrogen-bond acceptors (Lipinski definition) is 4. The van der Waals surface area contributed by atoms with Crippen molar-refractivity contribution in [3.63, 3.8) is 0 Å². The fourth-order valence-electron chi connectivity index (χ4n) is 4.16. The largest absolute Gasteiger partial charge is 0.355 e. The molecule has 3 rings (SSSR count). The quantitative estimate of drug-likeness (QED) is 0.506. The van der Waals surface area contributed by atoms with Crippen molar-refractivity contribution >= 4 is 23.6 Å². The Bertz CT molecular complexity index is 875. The van der Waals surface area contributed by atoms with E-state index in [0.29, 0.717) is 19.4 Å². The van der Waals surface area contributed by atoms with Crippen molar-refractivity contribution in [2.45, 2.75) is 45.7 Å². The monoisotopic (exact) mass is 429 g/mol. The topological polar surface area (TPSA) is 86.8 Å². The van der Waals surface area contributed by atoms with Gasteiger partial charge in [-0.3, -0.25) is 24.1 Å². The first-order valence-corrected chi connectivity index (χ1v) is 10.7. The summed E-state index contributed by atoms with van der Waals surface area (Å²) < 4.78 is 14.2. The molecule has 0 radical (unpaired) electrons. The van der Waals surface area contributed by atoms with E-state index < -0.39 is 17.8 Å². The Morgan fingerprint density at radius 1 is 1.16 bits per heavy atom. The van der Waals surface area contributed by atoms with Crippen LogP contribution in [0.15, 0.2) is 36.4 Å². The normalized spacial score (nSPS) is 21.1. The molecular formula is C23H28FN3O4. The number of halogens is 1. The Morgan fingerprint density at radius 3 is 2.35 bits per heavy atom. The molecule has 31 heavy (non-hydrogen) atoms. The lowest BCUT2D eigenvalue weighted by atomic mass is 9.85. The molecule has 166 valence electrons. The van der Waals surface area contributed by atoms with Crippen LogP contribution in [-0.4, -0.2) is 52.6 Å². The molecule has 0 bridgehead atoms. The van der Waals surface area contributed by atoms with Crippen molar-refractivity contribution in [1.82, 2.24) is 15.1 Å². The zero-order valence-electron chi connectivity index (χ0n) is 17.8. The molecule has 1 aromatic carbocycles. The molecule has 1 saturated heterocycles. The molecule has 0 aromatic heterocycles. The minimum Gasteiger partial charge on any atom is -0.355 e. The number of imide groups is 1. The van der Waals surface area contributed by atoms with E-state index in [0.717, 1.165) is 4.90 Å². The van der Waals surface area contributed by atoms with Crippen LogP contribution in [0, 0.1) is 17.7 Å². The van der Waals surface area contributed by atoms with Crippen LogP contribution in [0.5, 0.6) is 0 Å². The number of benzene rings is 1. The molecule has 0 saturated carbocycles. The highest BCUT2D eigenvalue weighted by molar-refractivity contribution is 6.05. The van der Waals surface area contributed by atoms with Crippen LogP contribution >= 0.6 is 0 Å². The van der Waals surface area contributed by atoms with Gasteiger partial charge in [0.2, 0.25) is 23.6 Å². The minimum atomic E-state index is -0.830. The molecule has 3 atom stereocenters. The summed E-state index contributed by atoms with van der Waals surface area (Å²) >= 11 is 0. The number of fused-ring (bicyclic) bond motifs is 1. The molecule has 1 aliphatic carbocycles. The molecular weight excluding hydrogens is 401 g/mol. The maximum atomic E-state index is 14.2. The third-order valence-electron chi connectivity index (χ3n) is 5.96. The first-order valence-electron chi connectivity index (χ1n) is 10.7. The second-order valence-corrected chi connectivity index (χ2v) is 7.92. The van der Waals surface area contributed by atoms with E-state index in [1.807, 2.05) is 12.2 Å². The van der Waals surface area contributed by atoms with Crippen molar-refractivity contribution in [2.75, 3.05) is 13.1 Å². The third-order valence-corrected chi connectivity index (χ3v) is 5.96. The highest BCUT2D eigenvalue weighted by atomic mass is 19.1. The summed E-state index contributed by atoms with van der Waals surface area (Å²) in [5.74, 6) is -2.43. The lowest BCUT2D eigenvalue weighted by Crippen LogP contribution is -2.48. The summed E-state index contributed by atoms with van der Waals surface area (Å²) in [5, 5.41) is 2.67. The Hall–Kier alpha value is -3.03. The number of hydrogen-bond donors (Lipinski definition) is 1. The predicted molar refractivity (Wildman–Crippen MR) is 112 cm³/mol. The van der Waals surface area contributed by atoms with Gasteiger partial charge in [-0.25, -0.2) is 4.39 Å². The number of carbonyl (C=O) groups is 4. The Kier molecular flexibility index (Phi) is 7.20. The number of likely N-dealkylation sites (tertiary alicyclic amines) is 1. The number of allylic oxidation sites excluding steroid dienone is 2. The second-order valence-electron chi connectivity index (χ2n) is 7.92. The van der Waals surface area contributed by atoms with Crippen LogP contribution in [-0.2, 0) is 25.7 Å². The van der Waals surface area contributed by atoms with Gasteiger partial charge in [-0.1, -0.05) is 30.4 Å². The Balaban J connectivity index is 1.72. The van der Waals surface area contributed by atoms with E-state index in [2.05, 4.69) is 5.32 Å². The van der Waals surface area contributed by atoms with Crippen LogP contribution in [0.25, 0.3) is 0 Å².